The van der Waals surface area contributed by atoms with E-state index in [4.69, 9.17) is 4.74 Å². The van der Waals surface area contributed by atoms with E-state index in [1.54, 1.807) is 12.1 Å². The van der Waals surface area contributed by atoms with Crippen LogP contribution in [-0.4, -0.2) is 17.7 Å². The molecule has 0 spiro atoms. The quantitative estimate of drug-likeness (QED) is 0.220. The maximum atomic E-state index is 11.4. The standard InChI is InChI=1S/C37H46O3/c1-2-3-4-5-6-7-8-9-16-40-35-15-14-32(30-10-11-31-21-33(36(38)39)13-12-29(31)20-30)22-34(35)37-23-26-17-27(24-37)19-28(18-26)25-37/h10-15,20-22,26-28H,2-9,16-19,23-25H2,1H3,(H,38,39). The largest absolute Gasteiger partial charge is 0.493 e. The smallest absolute Gasteiger partial charge is 0.335 e. The van der Waals surface area contributed by atoms with Crippen LogP contribution in [0.4, 0.5) is 0 Å². The number of hydrogen-bond acceptors (Lipinski definition) is 2. The predicted molar refractivity (Wildman–Crippen MR) is 164 cm³/mol. The van der Waals surface area contributed by atoms with Crippen molar-refractivity contribution in [2.75, 3.05) is 6.61 Å². The summed E-state index contributed by atoms with van der Waals surface area (Å²) >= 11 is 0. The van der Waals surface area contributed by atoms with E-state index < -0.39 is 5.97 Å². The molecule has 4 saturated carbocycles. The van der Waals surface area contributed by atoms with E-state index in [0.29, 0.717) is 5.56 Å². The Labute approximate surface area is 240 Å². The number of ether oxygens (including phenoxy) is 1. The lowest BCUT2D eigenvalue weighted by atomic mass is 9.48. The second-order valence-corrected chi connectivity index (χ2v) is 13.3. The lowest BCUT2D eigenvalue weighted by Crippen LogP contribution is -2.48. The summed E-state index contributed by atoms with van der Waals surface area (Å²) < 4.78 is 6.61. The van der Waals surface area contributed by atoms with Gasteiger partial charge in [-0.3, -0.25) is 0 Å². The zero-order chi connectivity index (χ0) is 27.5. The minimum Gasteiger partial charge on any atom is -0.493 e. The zero-order valence-electron chi connectivity index (χ0n) is 24.3. The summed E-state index contributed by atoms with van der Waals surface area (Å²) in [7, 11) is 0. The highest BCUT2D eigenvalue weighted by Crippen LogP contribution is 2.62. The van der Waals surface area contributed by atoms with Gasteiger partial charge in [-0.2, -0.15) is 0 Å². The van der Waals surface area contributed by atoms with E-state index in [2.05, 4.69) is 43.3 Å². The molecule has 0 atom stereocenters. The lowest BCUT2D eigenvalue weighted by molar-refractivity contribution is -0.00638. The molecule has 0 heterocycles. The summed E-state index contributed by atoms with van der Waals surface area (Å²) in [5, 5.41) is 11.4. The SMILES string of the molecule is CCCCCCCCCCOc1ccc(-c2ccc3cc(C(=O)O)ccc3c2)cc1C12CC3CC(CC(C3)C1)C2. The summed E-state index contributed by atoms with van der Waals surface area (Å²) in [6, 6.07) is 18.8. The Kier molecular flexibility index (Phi) is 8.19. The number of fused-ring (bicyclic) bond motifs is 1. The van der Waals surface area contributed by atoms with Gasteiger partial charge in [0, 0.05) is 5.56 Å². The highest BCUT2D eigenvalue weighted by molar-refractivity contribution is 5.95. The fourth-order valence-corrected chi connectivity index (χ4v) is 8.67. The number of aromatic carboxylic acids is 1. The van der Waals surface area contributed by atoms with Crippen LogP contribution in [-0.2, 0) is 5.41 Å². The molecule has 0 aromatic heterocycles. The molecule has 3 aromatic rings. The number of carboxylic acids is 1. The molecule has 3 nitrogen and oxygen atoms in total. The average molecular weight is 539 g/mol. The van der Waals surface area contributed by atoms with Gasteiger partial charge >= 0.3 is 5.97 Å². The van der Waals surface area contributed by atoms with Crippen LogP contribution < -0.4 is 4.74 Å². The molecule has 40 heavy (non-hydrogen) atoms. The van der Waals surface area contributed by atoms with Crippen LogP contribution in [0, 0.1) is 17.8 Å². The van der Waals surface area contributed by atoms with Crippen molar-refractivity contribution in [2.24, 2.45) is 17.8 Å². The zero-order valence-corrected chi connectivity index (χ0v) is 24.3. The number of unbranched alkanes of at least 4 members (excludes halogenated alkanes) is 7. The molecule has 1 N–H and O–H groups in total. The van der Waals surface area contributed by atoms with E-state index >= 15 is 0 Å². The van der Waals surface area contributed by atoms with Crippen molar-refractivity contribution in [2.45, 2.75) is 102 Å². The number of hydrogen-bond donors (Lipinski definition) is 1. The van der Waals surface area contributed by atoms with Crippen LogP contribution in [0.2, 0.25) is 0 Å². The molecule has 4 aliphatic carbocycles. The molecule has 0 saturated heterocycles. The van der Waals surface area contributed by atoms with Crippen molar-refractivity contribution < 1.29 is 14.6 Å². The second-order valence-electron chi connectivity index (χ2n) is 13.3. The second kappa shape index (κ2) is 12.0. The predicted octanol–water partition coefficient (Wildman–Crippen LogP) is 10.2. The summed E-state index contributed by atoms with van der Waals surface area (Å²) in [5.41, 5.74) is 4.50. The van der Waals surface area contributed by atoms with Crippen LogP contribution in [0.25, 0.3) is 21.9 Å². The van der Waals surface area contributed by atoms with Gasteiger partial charge in [0.05, 0.1) is 12.2 Å². The van der Waals surface area contributed by atoms with E-state index in [0.717, 1.165) is 47.3 Å². The van der Waals surface area contributed by atoms with Crippen LogP contribution in [0.15, 0.2) is 54.6 Å². The van der Waals surface area contributed by atoms with Gasteiger partial charge in [0.15, 0.2) is 0 Å². The van der Waals surface area contributed by atoms with Crippen molar-refractivity contribution in [1.29, 1.82) is 0 Å². The summed E-state index contributed by atoms with van der Waals surface area (Å²) in [6.45, 7) is 3.09. The maximum absolute atomic E-state index is 11.4. The molecular formula is C37H46O3. The van der Waals surface area contributed by atoms with Crippen molar-refractivity contribution in [3.05, 3.63) is 65.7 Å². The molecule has 4 bridgehead atoms. The van der Waals surface area contributed by atoms with Gasteiger partial charge in [0.1, 0.15) is 5.75 Å². The monoisotopic (exact) mass is 538 g/mol. The Morgan fingerprint density at radius 2 is 1.32 bits per heavy atom. The first kappa shape index (κ1) is 27.4. The van der Waals surface area contributed by atoms with Crippen molar-refractivity contribution in [3.8, 4) is 16.9 Å². The maximum Gasteiger partial charge on any atom is 0.335 e. The molecule has 4 fully saturated rings. The van der Waals surface area contributed by atoms with Crippen molar-refractivity contribution >= 4 is 16.7 Å². The lowest BCUT2D eigenvalue weighted by Gasteiger charge is -2.57. The highest BCUT2D eigenvalue weighted by Gasteiger charge is 2.52. The minimum absolute atomic E-state index is 0.270. The topological polar surface area (TPSA) is 46.5 Å². The average Bonchev–Trinajstić information content (AvgIpc) is 2.95. The molecular weight excluding hydrogens is 492 g/mol. The Hall–Kier alpha value is -2.81. The van der Waals surface area contributed by atoms with Gasteiger partial charge in [-0.25, -0.2) is 4.79 Å². The minimum atomic E-state index is -0.881. The number of carbonyl (C=O) groups is 1. The number of carboxylic acid groups (broad SMARTS) is 1. The Morgan fingerprint density at radius 1 is 0.750 bits per heavy atom. The summed E-state index contributed by atoms with van der Waals surface area (Å²) in [6.07, 6.45) is 18.8. The molecule has 0 unspecified atom stereocenters. The van der Waals surface area contributed by atoms with Gasteiger partial charge in [0.25, 0.3) is 0 Å². The molecule has 7 rings (SSSR count). The first-order valence-corrected chi connectivity index (χ1v) is 16.1. The molecule has 0 aliphatic heterocycles. The molecule has 212 valence electrons. The van der Waals surface area contributed by atoms with Gasteiger partial charge in [-0.05, 0) is 120 Å². The summed E-state index contributed by atoms with van der Waals surface area (Å²) in [5.74, 6) is 2.91. The first-order chi connectivity index (χ1) is 19.5. The van der Waals surface area contributed by atoms with Gasteiger partial charge < -0.3 is 9.84 Å². The fourth-order valence-electron chi connectivity index (χ4n) is 8.67. The van der Waals surface area contributed by atoms with Crippen molar-refractivity contribution in [3.63, 3.8) is 0 Å². The van der Waals surface area contributed by atoms with Crippen molar-refractivity contribution in [1.82, 2.24) is 0 Å². The third kappa shape index (κ3) is 5.80. The van der Waals surface area contributed by atoms with E-state index in [-0.39, 0.29) is 5.41 Å². The molecule has 3 heteroatoms. The number of benzene rings is 3. The first-order valence-electron chi connectivity index (χ1n) is 16.1. The van der Waals surface area contributed by atoms with E-state index in [9.17, 15) is 9.90 Å². The van der Waals surface area contributed by atoms with Crippen LogP contribution in [0.3, 0.4) is 0 Å². The molecule has 3 aromatic carbocycles. The van der Waals surface area contributed by atoms with Gasteiger partial charge in [-0.1, -0.05) is 76.1 Å². The summed E-state index contributed by atoms with van der Waals surface area (Å²) in [4.78, 5) is 11.4. The van der Waals surface area contributed by atoms with Crippen LogP contribution in [0.1, 0.15) is 113 Å². The highest BCUT2D eigenvalue weighted by atomic mass is 16.5. The Bertz CT molecular complexity index is 1300. The van der Waals surface area contributed by atoms with E-state index in [1.165, 1.54) is 100 Å². The Balaban J connectivity index is 1.23. The Morgan fingerprint density at radius 3 is 2.00 bits per heavy atom. The number of rotatable bonds is 13. The van der Waals surface area contributed by atoms with Crippen LogP contribution in [0.5, 0.6) is 5.75 Å². The van der Waals surface area contributed by atoms with Crippen LogP contribution >= 0.6 is 0 Å². The fraction of sp³-hybridized carbons (Fsp3) is 0.541. The molecule has 0 amide bonds. The molecule has 0 radical (unpaired) electrons. The van der Waals surface area contributed by atoms with Gasteiger partial charge in [0.2, 0.25) is 0 Å². The molecule has 4 aliphatic rings. The normalized spacial score (nSPS) is 25.0. The van der Waals surface area contributed by atoms with E-state index in [1.807, 2.05) is 6.07 Å². The van der Waals surface area contributed by atoms with Gasteiger partial charge in [-0.15, -0.1) is 0 Å². The third-order valence-corrected chi connectivity index (χ3v) is 10.3. The third-order valence-electron chi connectivity index (χ3n) is 10.3.